The standard InChI is InChI=1S/C17H23NO4/c1-3-12-8-9-15(22-12)16(19)18-13-7-5-4-6-11(13)10-14(18)17(20)21-2/h8-9,11,13-14H,3-7,10H2,1-2H3/t11-,13+,14-/m0/s1. The molecule has 3 atom stereocenters. The SMILES string of the molecule is CCc1ccc(C(=O)N2[C@@H]3CCCC[C@H]3C[C@H]2C(=O)OC)o1. The number of ether oxygens (including phenoxy) is 1. The van der Waals surface area contributed by atoms with Crippen molar-refractivity contribution in [2.45, 2.75) is 57.5 Å². The minimum atomic E-state index is -0.472. The molecule has 0 radical (unpaired) electrons. The molecular weight excluding hydrogens is 282 g/mol. The Morgan fingerprint density at radius 1 is 1.32 bits per heavy atom. The molecule has 1 aliphatic carbocycles. The maximum Gasteiger partial charge on any atom is 0.328 e. The molecule has 2 fully saturated rings. The Kier molecular flexibility index (Phi) is 4.23. The molecule has 1 aromatic heterocycles. The van der Waals surface area contributed by atoms with Gasteiger partial charge in [-0.2, -0.15) is 0 Å². The summed E-state index contributed by atoms with van der Waals surface area (Å²) in [6.45, 7) is 1.98. The maximum atomic E-state index is 12.9. The summed E-state index contributed by atoms with van der Waals surface area (Å²) >= 11 is 0. The lowest BCUT2D eigenvalue weighted by atomic mass is 9.84. The summed E-state index contributed by atoms with van der Waals surface area (Å²) in [7, 11) is 1.38. The third-order valence-corrected chi connectivity index (χ3v) is 5.02. The second-order valence-corrected chi connectivity index (χ2v) is 6.22. The van der Waals surface area contributed by atoms with Crippen molar-refractivity contribution in [1.29, 1.82) is 0 Å². The van der Waals surface area contributed by atoms with Crippen LogP contribution in [0.5, 0.6) is 0 Å². The number of esters is 1. The van der Waals surface area contributed by atoms with Crippen LogP contribution in [0.3, 0.4) is 0 Å². The Hall–Kier alpha value is -1.78. The smallest absolute Gasteiger partial charge is 0.328 e. The molecule has 0 N–H and O–H groups in total. The Bertz CT molecular complexity index is 565. The normalized spacial score (nSPS) is 27.5. The zero-order chi connectivity index (χ0) is 15.7. The third kappa shape index (κ3) is 2.53. The highest BCUT2D eigenvalue weighted by Crippen LogP contribution is 2.40. The largest absolute Gasteiger partial charge is 0.467 e. The van der Waals surface area contributed by atoms with Gasteiger partial charge in [-0.15, -0.1) is 0 Å². The van der Waals surface area contributed by atoms with Crippen LogP contribution in [0.1, 0.15) is 55.3 Å². The number of fused-ring (bicyclic) bond motifs is 1. The van der Waals surface area contributed by atoms with Crippen molar-refractivity contribution in [1.82, 2.24) is 4.90 Å². The van der Waals surface area contributed by atoms with Crippen LogP contribution in [-0.2, 0) is 16.0 Å². The average molecular weight is 305 g/mol. The molecule has 0 aromatic carbocycles. The van der Waals surface area contributed by atoms with E-state index in [4.69, 9.17) is 9.15 Å². The Labute approximate surface area is 130 Å². The third-order valence-electron chi connectivity index (χ3n) is 5.02. The van der Waals surface area contributed by atoms with E-state index in [0.29, 0.717) is 18.1 Å². The van der Waals surface area contributed by atoms with Gasteiger partial charge in [0.1, 0.15) is 11.8 Å². The van der Waals surface area contributed by atoms with E-state index in [0.717, 1.165) is 31.4 Å². The number of hydrogen-bond donors (Lipinski definition) is 0. The van der Waals surface area contributed by atoms with Crippen LogP contribution in [0.2, 0.25) is 0 Å². The molecule has 1 saturated carbocycles. The van der Waals surface area contributed by atoms with Gasteiger partial charge in [-0.05, 0) is 37.3 Å². The number of aryl methyl sites for hydroxylation is 1. The highest BCUT2D eigenvalue weighted by Gasteiger charge is 2.48. The fourth-order valence-electron chi connectivity index (χ4n) is 3.91. The lowest BCUT2D eigenvalue weighted by Crippen LogP contribution is -2.46. The monoisotopic (exact) mass is 305 g/mol. The van der Waals surface area contributed by atoms with Gasteiger partial charge in [0.2, 0.25) is 0 Å². The van der Waals surface area contributed by atoms with Crippen LogP contribution in [0, 0.1) is 5.92 Å². The number of rotatable bonds is 3. The van der Waals surface area contributed by atoms with Crippen LogP contribution in [0.15, 0.2) is 16.5 Å². The first kappa shape index (κ1) is 15.1. The molecule has 5 heteroatoms. The van der Waals surface area contributed by atoms with Crippen LogP contribution in [0.4, 0.5) is 0 Å². The molecule has 1 saturated heterocycles. The van der Waals surface area contributed by atoms with E-state index in [9.17, 15) is 9.59 Å². The van der Waals surface area contributed by atoms with Crippen molar-refractivity contribution >= 4 is 11.9 Å². The number of furan rings is 1. The molecule has 1 amide bonds. The molecule has 3 rings (SSSR count). The summed E-state index contributed by atoms with van der Waals surface area (Å²) in [6, 6.07) is 3.21. The number of carbonyl (C=O) groups is 2. The van der Waals surface area contributed by atoms with Crippen LogP contribution >= 0.6 is 0 Å². The quantitative estimate of drug-likeness (QED) is 0.806. The van der Waals surface area contributed by atoms with Gasteiger partial charge in [0.05, 0.1) is 7.11 Å². The molecule has 2 heterocycles. The van der Waals surface area contributed by atoms with Crippen LogP contribution in [0.25, 0.3) is 0 Å². The van der Waals surface area contributed by atoms with Crippen molar-refractivity contribution in [2.75, 3.05) is 7.11 Å². The molecular formula is C17H23NO4. The number of nitrogens with zero attached hydrogens (tertiary/aromatic N) is 1. The van der Waals surface area contributed by atoms with E-state index in [2.05, 4.69) is 0 Å². The highest BCUT2D eigenvalue weighted by atomic mass is 16.5. The van der Waals surface area contributed by atoms with E-state index >= 15 is 0 Å². The predicted octanol–water partition coefficient (Wildman–Crippen LogP) is 2.79. The van der Waals surface area contributed by atoms with Gasteiger partial charge in [0, 0.05) is 12.5 Å². The Balaban J connectivity index is 1.89. The lowest BCUT2D eigenvalue weighted by molar-refractivity contribution is -0.145. The Morgan fingerprint density at radius 2 is 2.09 bits per heavy atom. The zero-order valence-electron chi connectivity index (χ0n) is 13.2. The van der Waals surface area contributed by atoms with Crippen LogP contribution < -0.4 is 0 Å². The first-order valence-corrected chi connectivity index (χ1v) is 8.15. The highest BCUT2D eigenvalue weighted by molar-refractivity contribution is 5.95. The van der Waals surface area contributed by atoms with Gasteiger partial charge in [-0.1, -0.05) is 19.8 Å². The number of amides is 1. The lowest BCUT2D eigenvalue weighted by Gasteiger charge is -2.32. The van der Waals surface area contributed by atoms with E-state index in [-0.39, 0.29) is 17.9 Å². The molecule has 120 valence electrons. The summed E-state index contributed by atoms with van der Waals surface area (Å²) in [4.78, 5) is 26.7. The fraction of sp³-hybridized carbons (Fsp3) is 0.647. The van der Waals surface area contributed by atoms with Crippen molar-refractivity contribution in [3.05, 3.63) is 23.7 Å². The van der Waals surface area contributed by atoms with E-state index < -0.39 is 6.04 Å². The van der Waals surface area contributed by atoms with Crippen molar-refractivity contribution in [3.8, 4) is 0 Å². The average Bonchev–Trinajstić information content (AvgIpc) is 3.17. The molecule has 0 spiro atoms. The zero-order valence-corrected chi connectivity index (χ0v) is 13.2. The number of hydrogen-bond acceptors (Lipinski definition) is 4. The second-order valence-electron chi connectivity index (χ2n) is 6.22. The van der Waals surface area contributed by atoms with E-state index in [1.54, 1.807) is 11.0 Å². The van der Waals surface area contributed by atoms with Crippen molar-refractivity contribution in [2.24, 2.45) is 5.92 Å². The minimum absolute atomic E-state index is 0.139. The van der Waals surface area contributed by atoms with Crippen molar-refractivity contribution in [3.63, 3.8) is 0 Å². The summed E-state index contributed by atoms with van der Waals surface area (Å²) in [5, 5.41) is 0. The topological polar surface area (TPSA) is 59.8 Å². The molecule has 0 unspecified atom stereocenters. The molecule has 22 heavy (non-hydrogen) atoms. The number of methoxy groups -OCH3 is 1. The van der Waals surface area contributed by atoms with E-state index in [1.165, 1.54) is 13.5 Å². The number of likely N-dealkylation sites (tertiary alicyclic amines) is 1. The summed E-state index contributed by atoms with van der Waals surface area (Å²) in [5.41, 5.74) is 0. The molecule has 0 bridgehead atoms. The van der Waals surface area contributed by atoms with Crippen LogP contribution in [-0.4, -0.2) is 36.0 Å². The first-order valence-electron chi connectivity index (χ1n) is 8.15. The predicted molar refractivity (Wildman–Crippen MR) is 80.4 cm³/mol. The number of carbonyl (C=O) groups excluding carboxylic acids is 2. The second kappa shape index (κ2) is 6.15. The van der Waals surface area contributed by atoms with E-state index in [1.807, 2.05) is 13.0 Å². The summed E-state index contributed by atoms with van der Waals surface area (Å²) in [5.74, 6) is 1.03. The van der Waals surface area contributed by atoms with Gasteiger partial charge in [0.25, 0.3) is 5.91 Å². The molecule has 1 aliphatic heterocycles. The van der Waals surface area contributed by atoms with Crippen molar-refractivity contribution < 1.29 is 18.7 Å². The summed E-state index contributed by atoms with van der Waals surface area (Å²) < 4.78 is 10.5. The Morgan fingerprint density at radius 3 is 2.77 bits per heavy atom. The molecule has 2 aliphatic rings. The minimum Gasteiger partial charge on any atom is -0.467 e. The first-order chi connectivity index (χ1) is 10.7. The molecule has 1 aromatic rings. The maximum absolute atomic E-state index is 12.9. The van der Waals surface area contributed by atoms with Gasteiger partial charge in [-0.25, -0.2) is 4.79 Å². The fourth-order valence-corrected chi connectivity index (χ4v) is 3.91. The van der Waals surface area contributed by atoms with Gasteiger partial charge < -0.3 is 14.1 Å². The molecule has 5 nitrogen and oxygen atoms in total. The van der Waals surface area contributed by atoms with Gasteiger partial charge in [-0.3, -0.25) is 4.79 Å². The van der Waals surface area contributed by atoms with Gasteiger partial charge in [0.15, 0.2) is 5.76 Å². The van der Waals surface area contributed by atoms with Gasteiger partial charge >= 0.3 is 5.97 Å². The summed E-state index contributed by atoms with van der Waals surface area (Å²) in [6.07, 6.45) is 5.80.